The molecule has 3 aromatic carbocycles. The second-order valence-electron chi connectivity index (χ2n) is 7.65. The highest BCUT2D eigenvalue weighted by atomic mass is 19.1. The van der Waals surface area contributed by atoms with Crippen LogP contribution in [0, 0.1) is 15.9 Å². The number of rotatable bonds is 9. The third-order valence-corrected chi connectivity index (χ3v) is 5.51. The van der Waals surface area contributed by atoms with E-state index in [9.17, 15) is 19.3 Å². The van der Waals surface area contributed by atoms with Gasteiger partial charge in [0.25, 0.3) is 11.6 Å². The van der Waals surface area contributed by atoms with Crippen LogP contribution in [0.1, 0.15) is 15.9 Å². The van der Waals surface area contributed by atoms with Crippen molar-refractivity contribution >= 4 is 11.6 Å². The van der Waals surface area contributed by atoms with E-state index >= 15 is 0 Å². The van der Waals surface area contributed by atoms with Crippen LogP contribution in [0.25, 0.3) is 22.8 Å². The number of hydrogen-bond donors (Lipinski definition) is 1. The molecule has 0 aliphatic rings. The molecule has 0 atom stereocenters. The predicted octanol–water partition coefficient (Wildman–Crippen LogP) is 5.05. The minimum atomic E-state index is -0.510. The topological polar surface area (TPSA) is 117 Å². The van der Waals surface area contributed by atoms with Gasteiger partial charge in [0.1, 0.15) is 5.82 Å². The van der Waals surface area contributed by atoms with E-state index in [-0.39, 0.29) is 41.6 Å². The van der Waals surface area contributed by atoms with Crippen molar-refractivity contribution in [2.24, 2.45) is 0 Å². The normalized spacial score (nSPS) is 10.6. The summed E-state index contributed by atoms with van der Waals surface area (Å²) < 4.78 is 30.3. The molecular formula is C26H22FN3O6. The molecular weight excluding hydrogens is 469 g/mol. The molecule has 184 valence electrons. The van der Waals surface area contributed by atoms with Gasteiger partial charge < -0.3 is 19.2 Å². The van der Waals surface area contributed by atoms with Gasteiger partial charge in [-0.1, -0.05) is 24.3 Å². The second-order valence-corrected chi connectivity index (χ2v) is 7.65. The number of amides is 1. The van der Waals surface area contributed by atoms with Crippen LogP contribution < -0.4 is 14.8 Å². The molecule has 0 saturated carbocycles. The molecule has 1 N–H and O–H groups in total. The smallest absolute Gasteiger partial charge is 0.276 e. The van der Waals surface area contributed by atoms with Crippen molar-refractivity contribution in [1.82, 2.24) is 10.3 Å². The maximum Gasteiger partial charge on any atom is 0.276 e. The molecule has 0 aliphatic heterocycles. The Labute approximate surface area is 205 Å². The van der Waals surface area contributed by atoms with Gasteiger partial charge >= 0.3 is 0 Å². The molecule has 9 nitrogen and oxygen atoms in total. The molecule has 4 rings (SSSR count). The highest BCUT2D eigenvalue weighted by Gasteiger charge is 2.21. The summed E-state index contributed by atoms with van der Waals surface area (Å²) in [4.78, 5) is 28.2. The van der Waals surface area contributed by atoms with Crippen molar-refractivity contribution in [3.63, 3.8) is 0 Å². The van der Waals surface area contributed by atoms with Crippen molar-refractivity contribution in [3.05, 3.63) is 93.9 Å². The summed E-state index contributed by atoms with van der Waals surface area (Å²) in [5.41, 5.74) is 1.22. The van der Waals surface area contributed by atoms with Gasteiger partial charge in [0.15, 0.2) is 17.3 Å². The lowest BCUT2D eigenvalue weighted by molar-refractivity contribution is -0.385. The molecule has 0 bridgehead atoms. The Hall–Kier alpha value is -4.73. The molecule has 0 radical (unpaired) electrons. The molecule has 0 saturated heterocycles. The number of hydrogen-bond acceptors (Lipinski definition) is 7. The van der Waals surface area contributed by atoms with Gasteiger partial charge in [-0.05, 0) is 36.8 Å². The highest BCUT2D eigenvalue weighted by molar-refractivity contribution is 6.00. The van der Waals surface area contributed by atoms with Crippen LogP contribution >= 0.6 is 0 Å². The van der Waals surface area contributed by atoms with Gasteiger partial charge in [-0.2, -0.15) is 0 Å². The zero-order valence-electron chi connectivity index (χ0n) is 19.5. The number of carbonyl (C=O) groups excluding carboxylic acids is 1. The lowest BCUT2D eigenvalue weighted by atomic mass is 10.1. The third kappa shape index (κ3) is 5.02. The zero-order valence-corrected chi connectivity index (χ0v) is 19.5. The standard InChI is InChI=1S/C26H22FN3O6/c1-34-22-13-16(21(30(32)33)14-23(22)35-2)11-12-28-25(31)17-7-3-4-8-18(17)26-29-15-24(36-26)19-9-5-6-10-20(19)27/h3-10,13-15H,11-12H2,1-2H3,(H,28,31). The van der Waals surface area contributed by atoms with Crippen molar-refractivity contribution < 1.29 is 28.0 Å². The van der Waals surface area contributed by atoms with Gasteiger partial charge in [0.2, 0.25) is 5.89 Å². The quantitative estimate of drug-likeness (QED) is 0.257. The van der Waals surface area contributed by atoms with Gasteiger partial charge in [-0.3, -0.25) is 14.9 Å². The van der Waals surface area contributed by atoms with Crippen LogP contribution in [-0.4, -0.2) is 36.6 Å². The van der Waals surface area contributed by atoms with Gasteiger partial charge in [0.05, 0.1) is 42.5 Å². The Morgan fingerprint density at radius 2 is 1.72 bits per heavy atom. The monoisotopic (exact) mass is 491 g/mol. The van der Waals surface area contributed by atoms with E-state index in [0.29, 0.717) is 22.4 Å². The van der Waals surface area contributed by atoms with Crippen molar-refractivity contribution in [2.45, 2.75) is 6.42 Å². The lowest BCUT2D eigenvalue weighted by Gasteiger charge is -2.11. The number of nitro groups is 1. The number of benzene rings is 3. The van der Waals surface area contributed by atoms with E-state index in [1.165, 1.54) is 38.6 Å². The van der Waals surface area contributed by atoms with E-state index in [0.717, 1.165) is 0 Å². The molecule has 36 heavy (non-hydrogen) atoms. The lowest BCUT2D eigenvalue weighted by Crippen LogP contribution is -2.26. The maximum atomic E-state index is 14.1. The van der Waals surface area contributed by atoms with Crippen LogP contribution in [0.3, 0.4) is 0 Å². The van der Waals surface area contributed by atoms with Gasteiger partial charge in [0, 0.05) is 17.7 Å². The molecule has 4 aromatic rings. The number of nitro benzene ring substituents is 1. The van der Waals surface area contributed by atoms with E-state index in [1.54, 1.807) is 42.5 Å². The number of nitrogens with one attached hydrogen (secondary N) is 1. The first-order chi connectivity index (χ1) is 17.4. The molecule has 1 amide bonds. The summed E-state index contributed by atoms with van der Waals surface area (Å²) in [5, 5.41) is 14.3. The third-order valence-electron chi connectivity index (χ3n) is 5.51. The number of halogens is 1. The number of carbonyl (C=O) groups is 1. The Balaban J connectivity index is 1.52. The van der Waals surface area contributed by atoms with Crippen molar-refractivity contribution in [3.8, 4) is 34.3 Å². The number of nitrogens with zero attached hydrogens (tertiary/aromatic N) is 2. The fourth-order valence-corrected chi connectivity index (χ4v) is 3.74. The number of ether oxygens (including phenoxy) is 2. The fourth-order valence-electron chi connectivity index (χ4n) is 3.74. The summed E-state index contributed by atoms with van der Waals surface area (Å²) in [5.74, 6) is 0.124. The SMILES string of the molecule is COc1cc(CCNC(=O)c2ccccc2-c2ncc(-c3ccccc3F)o2)c([N+](=O)[O-])cc1OC. The van der Waals surface area contributed by atoms with Crippen LogP contribution in [0.4, 0.5) is 10.1 Å². The number of methoxy groups -OCH3 is 2. The fraction of sp³-hybridized carbons (Fsp3) is 0.154. The van der Waals surface area contributed by atoms with E-state index in [2.05, 4.69) is 10.3 Å². The first kappa shape index (κ1) is 24.4. The van der Waals surface area contributed by atoms with Crippen molar-refractivity contribution in [1.29, 1.82) is 0 Å². The van der Waals surface area contributed by atoms with E-state index < -0.39 is 16.6 Å². The Morgan fingerprint density at radius 3 is 2.42 bits per heavy atom. The van der Waals surface area contributed by atoms with Crippen LogP contribution in [0.15, 0.2) is 71.3 Å². The molecule has 0 fully saturated rings. The molecule has 1 aromatic heterocycles. The predicted molar refractivity (Wildman–Crippen MR) is 130 cm³/mol. The Kier molecular flexibility index (Phi) is 7.24. The largest absolute Gasteiger partial charge is 0.493 e. The first-order valence-corrected chi connectivity index (χ1v) is 10.9. The van der Waals surface area contributed by atoms with Crippen LogP contribution in [0.2, 0.25) is 0 Å². The molecule has 0 spiro atoms. The van der Waals surface area contributed by atoms with E-state index in [4.69, 9.17) is 13.9 Å². The van der Waals surface area contributed by atoms with Crippen LogP contribution in [-0.2, 0) is 6.42 Å². The average Bonchev–Trinajstić information content (AvgIpc) is 3.38. The summed E-state index contributed by atoms with van der Waals surface area (Å²) in [6, 6.07) is 15.7. The summed E-state index contributed by atoms with van der Waals surface area (Å²) >= 11 is 0. The summed E-state index contributed by atoms with van der Waals surface area (Å²) in [7, 11) is 2.83. The molecule has 1 heterocycles. The zero-order chi connectivity index (χ0) is 25.7. The minimum Gasteiger partial charge on any atom is -0.493 e. The van der Waals surface area contributed by atoms with Crippen molar-refractivity contribution in [2.75, 3.05) is 20.8 Å². The summed E-state index contributed by atoms with van der Waals surface area (Å²) in [6.07, 6.45) is 1.58. The molecule has 0 unspecified atom stereocenters. The Bertz CT molecular complexity index is 1420. The average molecular weight is 491 g/mol. The van der Waals surface area contributed by atoms with E-state index in [1.807, 2.05) is 0 Å². The second kappa shape index (κ2) is 10.7. The first-order valence-electron chi connectivity index (χ1n) is 10.9. The summed E-state index contributed by atoms with van der Waals surface area (Å²) in [6.45, 7) is 0.121. The molecule has 0 aliphatic carbocycles. The number of oxazole rings is 1. The molecule has 10 heteroatoms. The van der Waals surface area contributed by atoms with Gasteiger partial charge in [-0.25, -0.2) is 9.37 Å². The van der Waals surface area contributed by atoms with Gasteiger partial charge in [-0.15, -0.1) is 0 Å². The number of aromatic nitrogens is 1. The van der Waals surface area contributed by atoms with Crippen LogP contribution in [0.5, 0.6) is 11.5 Å². The minimum absolute atomic E-state index is 0.121. The maximum absolute atomic E-state index is 14.1. The Morgan fingerprint density at radius 1 is 1.06 bits per heavy atom. The highest BCUT2D eigenvalue weighted by Crippen LogP contribution is 2.35.